The van der Waals surface area contributed by atoms with Crippen molar-refractivity contribution in [2.24, 2.45) is 0 Å². The Morgan fingerprint density at radius 3 is 2.79 bits per heavy atom. The molecule has 1 aromatic rings. The minimum Gasteiger partial charge on any atom is -0.495 e. The summed E-state index contributed by atoms with van der Waals surface area (Å²) >= 11 is 3.24. The van der Waals surface area contributed by atoms with Crippen molar-refractivity contribution in [3.8, 4) is 11.8 Å². The van der Waals surface area contributed by atoms with Crippen LogP contribution in [0.25, 0.3) is 0 Å². The Labute approximate surface area is 121 Å². The first-order chi connectivity index (χ1) is 9.01. The lowest BCUT2D eigenvalue weighted by molar-refractivity contribution is 0.402. The van der Waals surface area contributed by atoms with Gasteiger partial charge in [0, 0.05) is 17.4 Å². The van der Waals surface area contributed by atoms with Gasteiger partial charge < -0.3 is 4.74 Å². The van der Waals surface area contributed by atoms with Crippen molar-refractivity contribution in [1.29, 1.82) is 5.26 Å². The highest BCUT2D eigenvalue weighted by Crippen LogP contribution is 2.26. The second kappa shape index (κ2) is 7.48. The molecule has 0 saturated heterocycles. The summed E-state index contributed by atoms with van der Waals surface area (Å²) in [5.41, 5.74) is 0. The van der Waals surface area contributed by atoms with E-state index in [4.69, 9.17) is 10.00 Å². The van der Waals surface area contributed by atoms with E-state index in [0.717, 1.165) is 0 Å². The number of nitriles is 1. The summed E-state index contributed by atoms with van der Waals surface area (Å²) in [6.07, 6.45) is 1.74. The number of unbranched alkanes of at least 4 members (excludes halogenated alkanes) is 2. The lowest BCUT2D eigenvalue weighted by Gasteiger charge is -2.10. The Kier molecular flexibility index (Phi) is 6.28. The molecular weight excluding hydrogens is 332 g/mol. The third-order valence-electron chi connectivity index (χ3n) is 2.42. The topological polar surface area (TPSA) is 79.2 Å². The predicted molar refractivity (Wildman–Crippen MR) is 75.3 cm³/mol. The highest BCUT2D eigenvalue weighted by molar-refractivity contribution is 9.10. The highest BCUT2D eigenvalue weighted by Gasteiger charge is 2.19. The zero-order valence-corrected chi connectivity index (χ0v) is 12.9. The number of hydrogen-bond donors (Lipinski definition) is 1. The Bertz CT molecular complexity index is 567. The van der Waals surface area contributed by atoms with Crippen LogP contribution >= 0.6 is 15.9 Å². The van der Waals surface area contributed by atoms with Crippen LogP contribution in [0.15, 0.2) is 27.6 Å². The van der Waals surface area contributed by atoms with Gasteiger partial charge in [-0.2, -0.15) is 5.26 Å². The second-order valence-electron chi connectivity index (χ2n) is 3.81. The second-order valence-corrected chi connectivity index (χ2v) is 6.46. The molecule has 0 radical (unpaired) electrons. The van der Waals surface area contributed by atoms with E-state index in [-0.39, 0.29) is 4.90 Å². The van der Waals surface area contributed by atoms with Gasteiger partial charge in [0.05, 0.1) is 13.2 Å². The van der Waals surface area contributed by atoms with Gasteiger partial charge >= 0.3 is 0 Å². The molecule has 0 spiro atoms. The largest absolute Gasteiger partial charge is 0.495 e. The van der Waals surface area contributed by atoms with Crippen LogP contribution in [0.1, 0.15) is 19.3 Å². The summed E-state index contributed by atoms with van der Waals surface area (Å²) in [5, 5.41) is 8.39. The van der Waals surface area contributed by atoms with E-state index in [2.05, 4.69) is 20.7 Å². The van der Waals surface area contributed by atoms with Gasteiger partial charge in [-0.1, -0.05) is 15.9 Å². The fourth-order valence-corrected chi connectivity index (χ4v) is 3.25. The number of halogens is 1. The van der Waals surface area contributed by atoms with E-state index in [1.54, 1.807) is 12.1 Å². The first-order valence-corrected chi connectivity index (χ1v) is 7.99. The standard InChI is InChI=1S/C12H15BrN2O3S/c1-18-11-6-5-10(13)9-12(11)19(16,17)15-8-4-2-3-7-14/h5-6,9,15H,2-4,8H2,1H3. The molecule has 0 aliphatic heterocycles. The van der Waals surface area contributed by atoms with Crippen LogP contribution in [0, 0.1) is 11.3 Å². The quantitative estimate of drug-likeness (QED) is 0.769. The summed E-state index contributed by atoms with van der Waals surface area (Å²) < 4.78 is 32.5. The summed E-state index contributed by atoms with van der Waals surface area (Å²) in [6.45, 7) is 0.305. The van der Waals surface area contributed by atoms with Gasteiger partial charge in [0.1, 0.15) is 10.6 Å². The van der Waals surface area contributed by atoms with E-state index < -0.39 is 10.0 Å². The number of sulfonamides is 1. The van der Waals surface area contributed by atoms with E-state index in [1.807, 2.05) is 6.07 Å². The number of hydrogen-bond acceptors (Lipinski definition) is 4. The van der Waals surface area contributed by atoms with Gasteiger partial charge in [-0.15, -0.1) is 0 Å². The molecule has 0 unspecified atom stereocenters. The first kappa shape index (κ1) is 16.0. The van der Waals surface area contributed by atoms with E-state index in [9.17, 15) is 8.42 Å². The summed E-state index contributed by atoms with van der Waals surface area (Å²) in [6, 6.07) is 6.82. The maximum absolute atomic E-state index is 12.1. The Morgan fingerprint density at radius 1 is 1.42 bits per heavy atom. The molecule has 0 amide bonds. The monoisotopic (exact) mass is 346 g/mol. The van der Waals surface area contributed by atoms with Crippen molar-refractivity contribution < 1.29 is 13.2 Å². The van der Waals surface area contributed by atoms with Crippen molar-refractivity contribution in [2.45, 2.75) is 24.2 Å². The van der Waals surface area contributed by atoms with E-state index in [0.29, 0.717) is 36.0 Å². The highest BCUT2D eigenvalue weighted by atomic mass is 79.9. The van der Waals surface area contributed by atoms with Crippen molar-refractivity contribution in [3.63, 3.8) is 0 Å². The van der Waals surface area contributed by atoms with Crippen molar-refractivity contribution >= 4 is 26.0 Å². The summed E-state index contributed by atoms with van der Waals surface area (Å²) in [7, 11) is -2.17. The number of benzene rings is 1. The van der Waals surface area contributed by atoms with Gasteiger partial charge in [-0.25, -0.2) is 13.1 Å². The number of nitrogens with one attached hydrogen (secondary N) is 1. The van der Waals surface area contributed by atoms with Gasteiger partial charge in [0.25, 0.3) is 0 Å². The van der Waals surface area contributed by atoms with Crippen molar-refractivity contribution in [2.75, 3.05) is 13.7 Å². The normalized spacial score (nSPS) is 11.0. The predicted octanol–water partition coefficient (Wildman–Crippen LogP) is 2.43. The third-order valence-corrected chi connectivity index (χ3v) is 4.40. The van der Waals surface area contributed by atoms with Crippen LogP contribution in [0.3, 0.4) is 0 Å². The van der Waals surface area contributed by atoms with Crippen LogP contribution in [0.5, 0.6) is 5.75 Å². The van der Waals surface area contributed by atoms with Gasteiger partial charge in [0.15, 0.2) is 0 Å². The molecular formula is C12H15BrN2O3S. The molecule has 0 aliphatic rings. The molecule has 104 valence electrons. The minimum atomic E-state index is -3.60. The summed E-state index contributed by atoms with van der Waals surface area (Å²) in [4.78, 5) is 0.102. The van der Waals surface area contributed by atoms with Crippen LogP contribution in [-0.4, -0.2) is 22.1 Å². The molecule has 0 fully saturated rings. The first-order valence-electron chi connectivity index (χ1n) is 5.71. The molecule has 0 aromatic heterocycles. The van der Waals surface area contributed by atoms with E-state index in [1.165, 1.54) is 13.2 Å². The molecule has 0 heterocycles. The lowest BCUT2D eigenvalue weighted by atomic mass is 10.2. The average Bonchev–Trinajstić information content (AvgIpc) is 2.38. The Balaban J connectivity index is 2.77. The molecule has 0 bridgehead atoms. The maximum atomic E-state index is 12.1. The Hall–Kier alpha value is -1.10. The molecule has 1 rings (SSSR count). The van der Waals surface area contributed by atoms with Gasteiger partial charge in [-0.3, -0.25) is 0 Å². The molecule has 19 heavy (non-hydrogen) atoms. The SMILES string of the molecule is COc1ccc(Br)cc1S(=O)(=O)NCCCCC#N. The molecule has 0 aliphatic carbocycles. The van der Waals surface area contributed by atoms with Crippen molar-refractivity contribution in [3.05, 3.63) is 22.7 Å². The number of nitrogens with zero attached hydrogens (tertiary/aromatic N) is 1. The zero-order valence-electron chi connectivity index (χ0n) is 10.5. The average molecular weight is 347 g/mol. The van der Waals surface area contributed by atoms with Crippen LogP contribution in [0.4, 0.5) is 0 Å². The van der Waals surface area contributed by atoms with E-state index >= 15 is 0 Å². The lowest BCUT2D eigenvalue weighted by Crippen LogP contribution is -2.25. The molecule has 1 aromatic carbocycles. The molecule has 0 saturated carbocycles. The van der Waals surface area contributed by atoms with Gasteiger partial charge in [-0.05, 0) is 31.0 Å². The van der Waals surface area contributed by atoms with Crippen molar-refractivity contribution in [1.82, 2.24) is 4.72 Å². The Morgan fingerprint density at radius 2 is 2.16 bits per heavy atom. The fourth-order valence-electron chi connectivity index (χ4n) is 1.47. The van der Waals surface area contributed by atoms with Crippen LogP contribution in [0.2, 0.25) is 0 Å². The van der Waals surface area contributed by atoms with Crippen LogP contribution < -0.4 is 9.46 Å². The number of methoxy groups -OCH3 is 1. The molecule has 1 N–H and O–H groups in total. The number of ether oxygens (including phenoxy) is 1. The fraction of sp³-hybridized carbons (Fsp3) is 0.417. The third kappa shape index (κ3) is 4.82. The van der Waals surface area contributed by atoms with Gasteiger partial charge in [0.2, 0.25) is 10.0 Å². The smallest absolute Gasteiger partial charge is 0.244 e. The minimum absolute atomic E-state index is 0.102. The summed E-state index contributed by atoms with van der Waals surface area (Å²) in [5.74, 6) is 0.299. The molecule has 7 heteroatoms. The molecule has 0 atom stereocenters. The number of rotatable bonds is 7. The zero-order chi connectivity index (χ0) is 14.3. The maximum Gasteiger partial charge on any atom is 0.244 e. The molecule has 5 nitrogen and oxygen atoms in total. The van der Waals surface area contributed by atoms with Crippen LogP contribution in [-0.2, 0) is 10.0 Å².